The lowest BCUT2D eigenvalue weighted by atomic mass is 9.89. The van der Waals surface area contributed by atoms with Gasteiger partial charge in [-0.15, -0.1) is 0 Å². The van der Waals surface area contributed by atoms with Crippen LogP contribution in [0.4, 0.5) is 15.3 Å². The number of benzene rings is 3. The molecule has 0 radical (unpaired) electrons. The van der Waals surface area contributed by atoms with Gasteiger partial charge in [0.1, 0.15) is 11.9 Å². The van der Waals surface area contributed by atoms with Crippen LogP contribution in [0.3, 0.4) is 0 Å². The fraction of sp³-hybridized carbons (Fsp3) is 0.389. The summed E-state index contributed by atoms with van der Waals surface area (Å²) < 4.78 is 5.40. The maximum atomic E-state index is 12.8. The Morgan fingerprint density at radius 2 is 1.60 bits per heavy atom. The summed E-state index contributed by atoms with van der Waals surface area (Å²) in [5, 5.41) is 16.3. The number of amides is 3. The van der Waals surface area contributed by atoms with E-state index in [9.17, 15) is 24.3 Å². The number of nitrogens with zero attached hydrogens (tertiary/aromatic N) is 1. The number of hydrogen-bond donors (Lipinski definition) is 3. The van der Waals surface area contributed by atoms with Crippen molar-refractivity contribution in [3.05, 3.63) is 89.5 Å². The second kappa shape index (κ2) is 15.4. The summed E-state index contributed by atoms with van der Waals surface area (Å²) in [5.74, 6) is -0.0699. The van der Waals surface area contributed by atoms with Gasteiger partial charge in [-0.1, -0.05) is 66.7 Å². The highest BCUT2D eigenvalue weighted by molar-refractivity contribution is 5.93. The van der Waals surface area contributed by atoms with Crippen molar-refractivity contribution in [3.8, 4) is 11.1 Å². The van der Waals surface area contributed by atoms with E-state index in [0.717, 1.165) is 28.5 Å². The Kier molecular flexibility index (Phi) is 11.4. The Bertz CT molecular complexity index is 1460. The third-order valence-electron chi connectivity index (χ3n) is 7.87. The van der Waals surface area contributed by atoms with Gasteiger partial charge in [0, 0.05) is 36.2 Å². The quantitative estimate of drug-likeness (QED) is 0.198. The molecule has 3 aromatic carbocycles. The Labute approximate surface area is 265 Å². The molecule has 3 amide bonds. The summed E-state index contributed by atoms with van der Waals surface area (Å²) in [6.07, 6.45) is 3.35. The second-order valence-corrected chi connectivity index (χ2v) is 12.5. The molecule has 1 aliphatic rings. The topological polar surface area (TPSA) is 125 Å². The first-order valence-corrected chi connectivity index (χ1v) is 15.5. The van der Waals surface area contributed by atoms with Crippen LogP contribution in [-0.4, -0.2) is 47.2 Å². The minimum atomic E-state index is -1.02. The van der Waals surface area contributed by atoms with Gasteiger partial charge in [0.25, 0.3) is 0 Å². The zero-order valence-corrected chi connectivity index (χ0v) is 26.3. The lowest BCUT2D eigenvalue weighted by Gasteiger charge is -2.36. The number of ether oxygens (including phenoxy) is 1. The highest BCUT2D eigenvalue weighted by Crippen LogP contribution is 2.36. The average Bonchev–Trinajstić information content (AvgIpc) is 3.01. The molecular weight excluding hydrogens is 570 g/mol. The third kappa shape index (κ3) is 9.93. The van der Waals surface area contributed by atoms with Crippen molar-refractivity contribution in [2.75, 3.05) is 4.90 Å². The maximum absolute atomic E-state index is 12.8. The van der Waals surface area contributed by atoms with Gasteiger partial charge in [-0.05, 0) is 82.1 Å². The summed E-state index contributed by atoms with van der Waals surface area (Å²) in [7, 11) is 0. The first-order chi connectivity index (χ1) is 21.5. The van der Waals surface area contributed by atoms with Crippen LogP contribution in [0.15, 0.2) is 72.8 Å². The molecule has 0 aliphatic heterocycles. The highest BCUT2D eigenvalue weighted by atomic mass is 16.6. The van der Waals surface area contributed by atoms with E-state index < -0.39 is 17.8 Å². The molecule has 9 nitrogen and oxygen atoms in total. The van der Waals surface area contributed by atoms with Crippen molar-refractivity contribution < 1.29 is 29.0 Å². The molecule has 0 aromatic heterocycles. The molecule has 238 valence electrons. The summed E-state index contributed by atoms with van der Waals surface area (Å²) in [6, 6.07) is 22.4. The van der Waals surface area contributed by atoms with Gasteiger partial charge in [-0.25, -0.2) is 9.59 Å². The standard InChI is InChI=1S/C36H43N3O6/c1-36(2,3)45-34(42)38-29-17-19-30(20-18-29)39(35(43)44)32-22-25(16-21-31(32)28-9-5-4-6-10-28)8-7-11-33(41)37-23-26-12-14-27(24-40)15-13-26/h4-6,9-10,12-16,21-22,24,29-30H,7-8,11,17-20,23H2,1-3H3,(H,37,41)(H,38,42)(H,43,44)/t29-,30-. The fourth-order valence-electron chi connectivity index (χ4n) is 5.66. The number of carbonyl (C=O) groups excluding carboxylic acids is 3. The van der Waals surface area contributed by atoms with E-state index in [2.05, 4.69) is 10.6 Å². The molecule has 0 unspecified atom stereocenters. The van der Waals surface area contributed by atoms with Crippen LogP contribution in [0, 0.1) is 0 Å². The molecule has 3 N–H and O–H groups in total. The van der Waals surface area contributed by atoms with Gasteiger partial charge >= 0.3 is 12.2 Å². The lowest BCUT2D eigenvalue weighted by molar-refractivity contribution is -0.121. The fourth-order valence-corrected chi connectivity index (χ4v) is 5.66. The number of carboxylic acid groups (broad SMARTS) is 1. The van der Waals surface area contributed by atoms with Crippen molar-refractivity contribution in [2.45, 2.75) is 89.9 Å². The maximum Gasteiger partial charge on any atom is 0.412 e. The largest absolute Gasteiger partial charge is 0.465 e. The molecule has 0 heterocycles. The molecule has 1 aliphatic carbocycles. The Morgan fingerprint density at radius 1 is 0.933 bits per heavy atom. The van der Waals surface area contributed by atoms with Gasteiger partial charge in [0.2, 0.25) is 5.91 Å². The van der Waals surface area contributed by atoms with Crippen LogP contribution in [0.1, 0.15) is 80.8 Å². The van der Waals surface area contributed by atoms with Crippen molar-refractivity contribution in [1.82, 2.24) is 10.6 Å². The first-order valence-electron chi connectivity index (χ1n) is 15.5. The minimum absolute atomic E-state index is 0.0699. The molecule has 0 spiro atoms. The van der Waals surface area contributed by atoms with Crippen LogP contribution in [0.25, 0.3) is 11.1 Å². The van der Waals surface area contributed by atoms with E-state index in [1.807, 2.05) is 81.4 Å². The molecule has 0 saturated heterocycles. The Morgan fingerprint density at radius 3 is 2.22 bits per heavy atom. The van der Waals surface area contributed by atoms with Crippen LogP contribution in [0.2, 0.25) is 0 Å². The van der Waals surface area contributed by atoms with Crippen molar-refractivity contribution in [1.29, 1.82) is 0 Å². The zero-order valence-electron chi connectivity index (χ0n) is 26.3. The van der Waals surface area contributed by atoms with Crippen molar-refractivity contribution >= 4 is 30.1 Å². The van der Waals surface area contributed by atoms with Crippen LogP contribution < -0.4 is 15.5 Å². The summed E-state index contributed by atoms with van der Waals surface area (Å²) in [4.78, 5) is 49.9. The average molecular weight is 614 g/mol. The van der Waals surface area contributed by atoms with Crippen LogP contribution in [0.5, 0.6) is 0 Å². The van der Waals surface area contributed by atoms with E-state index in [1.165, 1.54) is 4.90 Å². The molecular formula is C36H43N3O6. The van der Waals surface area contributed by atoms with Crippen LogP contribution in [-0.2, 0) is 22.5 Å². The second-order valence-electron chi connectivity index (χ2n) is 12.5. The summed E-state index contributed by atoms with van der Waals surface area (Å²) in [5.41, 5.74) is 4.24. The monoisotopic (exact) mass is 613 g/mol. The lowest BCUT2D eigenvalue weighted by Crippen LogP contribution is -2.47. The van der Waals surface area contributed by atoms with E-state index in [1.54, 1.807) is 12.1 Å². The third-order valence-corrected chi connectivity index (χ3v) is 7.87. The normalized spacial score (nSPS) is 16.3. The predicted octanol–water partition coefficient (Wildman–Crippen LogP) is 7.13. The number of nitrogens with one attached hydrogen (secondary N) is 2. The minimum Gasteiger partial charge on any atom is -0.465 e. The molecule has 45 heavy (non-hydrogen) atoms. The van der Waals surface area contributed by atoms with E-state index >= 15 is 0 Å². The van der Waals surface area contributed by atoms with E-state index in [0.29, 0.717) is 62.7 Å². The first kappa shape index (κ1) is 33.2. The predicted molar refractivity (Wildman–Crippen MR) is 174 cm³/mol. The van der Waals surface area contributed by atoms with Gasteiger partial charge in [0.15, 0.2) is 0 Å². The van der Waals surface area contributed by atoms with Gasteiger partial charge in [0.05, 0.1) is 5.69 Å². The summed E-state index contributed by atoms with van der Waals surface area (Å²) in [6.45, 7) is 5.84. The number of alkyl carbamates (subject to hydrolysis) is 1. The Balaban J connectivity index is 1.43. The van der Waals surface area contributed by atoms with Crippen molar-refractivity contribution in [2.24, 2.45) is 0 Å². The molecule has 4 rings (SSSR count). The molecule has 0 bridgehead atoms. The Hall–Kier alpha value is -4.66. The number of aryl methyl sites for hydroxylation is 1. The molecule has 3 aromatic rings. The number of carbonyl (C=O) groups is 4. The van der Waals surface area contributed by atoms with E-state index in [-0.39, 0.29) is 18.0 Å². The highest BCUT2D eigenvalue weighted by Gasteiger charge is 2.32. The van der Waals surface area contributed by atoms with Gasteiger partial charge in [-0.3, -0.25) is 14.5 Å². The van der Waals surface area contributed by atoms with E-state index in [4.69, 9.17) is 4.74 Å². The van der Waals surface area contributed by atoms with Gasteiger partial charge in [-0.2, -0.15) is 0 Å². The van der Waals surface area contributed by atoms with Crippen molar-refractivity contribution in [3.63, 3.8) is 0 Å². The molecule has 0 atom stereocenters. The smallest absolute Gasteiger partial charge is 0.412 e. The van der Waals surface area contributed by atoms with Gasteiger partial charge < -0.3 is 20.5 Å². The molecule has 1 saturated carbocycles. The number of rotatable bonds is 11. The van der Waals surface area contributed by atoms with Crippen LogP contribution >= 0.6 is 0 Å². The summed E-state index contributed by atoms with van der Waals surface area (Å²) >= 11 is 0. The number of anilines is 1. The SMILES string of the molecule is CC(C)(C)OC(=O)N[C@H]1CC[C@H](N(C(=O)O)c2cc(CCCC(=O)NCc3ccc(C=O)cc3)ccc2-c2ccccc2)CC1. The number of aldehydes is 1. The number of hydrogen-bond acceptors (Lipinski definition) is 5. The molecule has 9 heteroatoms. The molecule has 1 fully saturated rings. The zero-order chi connectivity index (χ0) is 32.4.